The number of aliphatic hydroxyl groups excluding tert-OH is 1. The molecule has 1 aromatic rings. The summed E-state index contributed by atoms with van der Waals surface area (Å²) in [6.07, 6.45) is 0.575. The van der Waals surface area contributed by atoms with Crippen molar-refractivity contribution in [2.45, 2.75) is 25.9 Å². The number of aldehydes is 1. The molecule has 2 atom stereocenters. The molecule has 1 aromatic carbocycles. The quantitative estimate of drug-likeness (QED) is 0.734. The Hall–Kier alpha value is -0.980. The molecule has 4 nitrogen and oxygen atoms in total. The minimum atomic E-state index is -0.698. The average Bonchev–Trinajstić information content (AvgIpc) is 2.45. The fourth-order valence-electron chi connectivity index (χ4n) is 2.04. The van der Waals surface area contributed by atoms with Gasteiger partial charge in [-0.3, -0.25) is 4.79 Å². The van der Waals surface area contributed by atoms with Crippen LogP contribution in [0.25, 0.3) is 0 Å². The molecule has 0 aliphatic heterocycles. The Morgan fingerprint density at radius 2 is 2.19 bits per heavy atom. The van der Waals surface area contributed by atoms with E-state index in [0.29, 0.717) is 10.8 Å². The lowest BCUT2D eigenvalue weighted by molar-refractivity contribution is 0.112. The highest BCUT2D eigenvalue weighted by Crippen LogP contribution is 2.33. The van der Waals surface area contributed by atoms with E-state index in [9.17, 15) is 14.3 Å². The molecular weight excluding hydrogens is 341 g/mol. The van der Waals surface area contributed by atoms with Crippen LogP contribution in [-0.2, 0) is 0 Å². The van der Waals surface area contributed by atoms with Crippen molar-refractivity contribution < 1.29 is 19.0 Å². The predicted molar refractivity (Wildman–Crippen MR) is 83.0 cm³/mol. The summed E-state index contributed by atoms with van der Waals surface area (Å²) in [7, 11) is 1.35. The summed E-state index contributed by atoms with van der Waals surface area (Å²) in [5.74, 6) is -0.463. The number of nitrogens with one attached hydrogen (secondary N) is 1. The second kappa shape index (κ2) is 7.87. The Bertz CT molecular complexity index is 508. The molecule has 0 saturated heterocycles. The third-order valence-corrected chi connectivity index (χ3v) is 4.02. The summed E-state index contributed by atoms with van der Waals surface area (Å²) < 4.78 is 19.9. The number of carbonyl (C=O) groups is 1. The summed E-state index contributed by atoms with van der Waals surface area (Å²) in [6.45, 7) is 7.62. The minimum absolute atomic E-state index is 0.0306. The molecule has 117 valence electrons. The van der Waals surface area contributed by atoms with E-state index < -0.39 is 11.9 Å². The molecule has 1 rings (SSSR count). The summed E-state index contributed by atoms with van der Waals surface area (Å²) in [4.78, 5) is 11.3. The second-order valence-corrected chi connectivity index (χ2v) is 5.93. The van der Waals surface area contributed by atoms with Crippen molar-refractivity contribution >= 4 is 22.2 Å². The Kier molecular flexibility index (Phi) is 6.77. The number of benzene rings is 1. The van der Waals surface area contributed by atoms with Gasteiger partial charge in [0.25, 0.3) is 0 Å². The van der Waals surface area contributed by atoms with E-state index in [-0.39, 0.29) is 35.4 Å². The highest BCUT2D eigenvalue weighted by atomic mass is 79.9. The van der Waals surface area contributed by atoms with Gasteiger partial charge in [0.15, 0.2) is 17.9 Å². The lowest BCUT2D eigenvalue weighted by Gasteiger charge is -2.26. The first-order valence-corrected chi connectivity index (χ1v) is 7.37. The largest absolute Gasteiger partial charge is 0.494 e. The van der Waals surface area contributed by atoms with Crippen molar-refractivity contribution in [3.63, 3.8) is 0 Å². The standard InChI is InChI=1S/C15H20BrFNO3/c1-8(2)12(7-20)18-9(3)14-10(6-19)11(16)5-13(21-4)15(14)17/h5-6,8-9,12,18,20H,3,7H2,1-2,4H3/t9?,12-/m1/s1. The summed E-state index contributed by atoms with van der Waals surface area (Å²) >= 11 is 3.23. The van der Waals surface area contributed by atoms with E-state index in [1.165, 1.54) is 13.2 Å². The fraction of sp³-hybridized carbons (Fsp3) is 0.467. The second-order valence-electron chi connectivity index (χ2n) is 5.07. The lowest BCUT2D eigenvalue weighted by Crippen LogP contribution is -2.39. The van der Waals surface area contributed by atoms with Crippen molar-refractivity contribution in [2.24, 2.45) is 5.92 Å². The van der Waals surface area contributed by atoms with Gasteiger partial charge in [0, 0.05) is 27.7 Å². The number of rotatable bonds is 7. The van der Waals surface area contributed by atoms with Crippen LogP contribution in [-0.4, -0.2) is 31.2 Å². The molecule has 0 aliphatic rings. The average molecular weight is 361 g/mol. The van der Waals surface area contributed by atoms with Crippen LogP contribution >= 0.6 is 15.9 Å². The SMILES string of the molecule is [CH2]C(N[C@H](CO)C(C)C)c1c(F)c(OC)cc(Br)c1C=O. The number of halogens is 2. The van der Waals surface area contributed by atoms with E-state index in [1.807, 2.05) is 13.8 Å². The third kappa shape index (κ3) is 4.02. The molecule has 1 radical (unpaired) electrons. The number of methoxy groups -OCH3 is 1. The molecule has 2 N–H and O–H groups in total. The van der Waals surface area contributed by atoms with E-state index in [4.69, 9.17) is 4.74 Å². The van der Waals surface area contributed by atoms with Gasteiger partial charge >= 0.3 is 0 Å². The van der Waals surface area contributed by atoms with Crippen LogP contribution in [0, 0.1) is 18.7 Å². The molecule has 0 saturated carbocycles. The van der Waals surface area contributed by atoms with Crippen LogP contribution in [0.15, 0.2) is 10.5 Å². The maximum atomic E-state index is 14.5. The van der Waals surface area contributed by atoms with E-state index >= 15 is 0 Å². The van der Waals surface area contributed by atoms with Crippen molar-refractivity contribution in [3.05, 3.63) is 34.4 Å². The lowest BCUT2D eigenvalue weighted by atomic mass is 9.97. The van der Waals surface area contributed by atoms with Gasteiger partial charge in [-0.15, -0.1) is 0 Å². The Labute approximate surface area is 132 Å². The highest BCUT2D eigenvalue weighted by molar-refractivity contribution is 9.10. The molecule has 0 aliphatic carbocycles. The number of carbonyl (C=O) groups excluding carboxylic acids is 1. The molecule has 6 heteroatoms. The molecule has 0 fully saturated rings. The number of ether oxygens (including phenoxy) is 1. The van der Waals surface area contributed by atoms with Crippen molar-refractivity contribution in [1.29, 1.82) is 0 Å². The topological polar surface area (TPSA) is 58.6 Å². The number of hydrogen-bond acceptors (Lipinski definition) is 4. The van der Waals surface area contributed by atoms with Crippen LogP contribution in [0.4, 0.5) is 4.39 Å². The maximum Gasteiger partial charge on any atom is 0.170 e. The predicted octanol–water partition coefficient (Wildman–Crippen LogP) is 2.89. The first kappa shape index (κ1) is 18.1. The van der Waals surface area contributed by atoms with Crippen LogP contribution in [0.2, 0.25) is 0 Å². The maximum absolute atomic E-state index is 14.5. The summed E-state index contributed by atoms with van der Waals surface area (Å²) in [5, 5.41) is 12.4. The molecular formula is C15H20BrFNO3. The van der Waals surface area contributed by atoms with Crippen molar-refractivity contribution in [1.82, 2.24) is 5.32 Å². The number of hydrogen-bond donors (Lipinski definition) is 2. The van der Waals surface area contributed by atoms with Crippen LogP contribution < -0.4 is 10.1 Å². The van der Waals surface area contributed by atoms with Crippen LogP contribution in [0.1, 0.15) is 35.8 Å². The van der Waals surface area contributed by atoms with Gasteiger partial charge in [-0.25, -0.2) is 4.39 Å². The van der Waals surface area contributed by atoms with Gasteiger partial charge in [0.1, 0.15) is 0 Å². The molecule has 0 aromatic heterocycles. The Balaban J connectivity index is 3.26. The molecule has 0 heterocycles. The van der Waals surface area contributed by atoms with Gasteiger partial charge in [0.05, 0.1) is 13.7 Å². The van der Waals surface area contributed by atoms with Gasteiger partial charge in [-0.05, 0) is 34.8 Å². The first-order valence-electron chi connectivity index (χ1n) is 6.58. The Morgan fingerprint density at radius 1 is 1.57 bits per heavy atom. The molecule has 0 bridgehead atoms. The zero-order chi connectivity index (χ0) is 16.2. The van der Waals surface area contributed by atoms with Gasteiger partial charge in [-0.1, -0.05) is 13.8 Å². The smallest absolute Gasteiger partial charge is 0.170 e. The highest BCUT2D eigenvalue weighted by Gasteiger charge is 2.24. The van der Waals surface area contributed by atoms with Crippen molar-refractivity contribution in [2.75, 3.05) is 13.7 Å². The Morgan fingerprint density at radius 3 is 2.62 bits per heavy atom. The van der Waals surface area contributed by atoms with Gasteiger partial charge in [-0.2, -0.15) is 0 Å². The van der Waals surface area contributed by atoms with Gasteiger partial charge in [0.2, 0.25) is 0 Å². The van der Waals surface area contributed by atoms with E-state index in [1.54, 1.807) is 0 Å². The monoisotopic (exact) mass is 360 g/mol. The molecule has 1 unspecified atom stereocenters. The zero-order valence-corrected chi connectivity index (χ0v) is 13.9. The van der Waals surface area contributed by atoms with E-state index in [0.717, 1.165) is 0 Å². The van der Waals surface area contributed by atoms with E-state index in [2.05, 4.69) is 28.2 Å². The zero-order valence-electron chi connectivity index (χ0n) is 12.3. The van der Waals surface area contributed by atoms with Crippen LogP contribution in [0.5, 0.6) is 5.75 Å². The fourth-order valence-corrected chi connectivity index (χ4v) is 2.56. The van der Waals surface area contributed by atoms with Gasteiger partial charge < -0.3 is 15.2 Å². The third-order valence-electron chi connectivity index (χ3n) is 3.36. The molecule has 0 amide bonds. The summed E-state index contributed by atoms with van der Waals surface area (Å²) in [6, 6.07) is 0.453. The summed E-state index contributed by atoms with van der Waals surface area (Å²) in [5.41, 5.74) is 0.302. The molecule has 0 spiro atoms. The van der Waals surface area contributed by atoms with Crippen molar-refractivity contribution in [3.8, 4) is 5.75 Å². The first-order chi connectivity index (χ1) is 9.87. The molecule has 21 heavy (non-hydrogen) atoms. The number of aliphatic hydroxyl groups is 1. The van der Waals surface area contributed by atoms with Crippen LogP contribution in [0.3, 0.4) is 0 Å². The minimum Gasteiger partial charge on any atom is -0.494 e. The normalized spacial score (nSPS) is 14.1.